The van der Waals surface area contributed by atoms with E-state index in [4.69, 9.17) is 4.74 Å². The van der Waals surface area contributed by atoms with E-state index >= 15 is 0 Å². The van der Waals surface area contributed by atoms with Crippen molar-refractivity contribution < 1.29 is 14.6 Å². The van der Waals surface area contributed by atoms with Crippen LogP contribution in [0.4, 0.5) is 5.69 Å². The number of carbonyl (C=O) groups is 1. The van der Waals surface area contributed by atoms with E-state index in [1.165, 1.54) is 0 Å². The maximum absolute atomic E-state index is 11.4. The van der Waals surface area contributed by atoms with Gasteiger partial charge in [-0.15, -0.1) is 0 Å². The Morgan fingerprint density at radius 3 is 2.89 bits per heavy atom. The molecular weight excluding hydrogens is 298 g/mol. The van der Waals surface area contributed by atoms with E-state index in [2.05, 4.69) is 21.2 Å². The molecule has 0 aliphatic heterocycles. The molecule has 0 spiro atoms. The minimum atomic E-state index is -0.888. The summed E-state index contributed by atoms with van der Waals surface area (Å²) >= 11 is 3.37. The summed E-state index contributed by atoms with van der Waals surface area (Å²) in [6, 6.07) is 7.52. The summed E-state index contributed by atoms with van der Waals surface area (Å²) in [6.07, 6.45) is 1.05. The lowest BCUT2D eigenvalue weighted by Crippen LogP contribution is -2.59. The van der Waals surface area contributed by atoms with Crippen LogP contribution in [0.25, 0.3) is 0 Å². The van der Waals surface area contributed by atoms with Gasteiger partial charge < -0.3 is 15.2 Å². The monoisotopic (exact) mass is 313 g/mol. The molecule has 0 unspecified atom stereocenters. The second-order valence-electron chi connectivity index (χ2n) is 4.51. The third-order valence-electron chi connectivity index (χ3n) is 3.17. The van der Waals surface area contributed by atoms with Gasteiger partial charge in [-0.25, -0.2) is 4.79 Å². The maximum Gasteiger partial charge on any atom is 0.329 e. The normalized spacial score (nSPS) is 26.4. The summed E-state index contributed by atoms with van der Waals surface area (Å²) in [5, 5.41) is 12.5. The molecule has 1 aliphatic rings. The number of nitrogens with one attached hydrogen (secondary N) is 1. The van der Waals surface area contributed by atoms with Crippen LogP contribution in [0, 0.1) is 0 Å². The van der Waals surface area contributed by atoms with E-state index in [0.29, 0.717) is 19.4 Å². The van der Waals surface area contributed by atoms with Gasteiger partial charge in [0.05, 0.1) is 6.10 Å². The fourth-order valence-corrected chi connectivity index (χ4v) is 2.64. The molecule has 1 saturated carbocycles. The lowest BCUT2D eigenvalue weighted by molar-refractivity contribution is -0.152. The fraction of sp³-hybridized carbons (Fsp3) is 0.462. The molecular formula is C13H16BrNO3. The van der Waals surface area contributed by atoms with Crippen molar-refractivity contribution in [2.75, 3.05) is 11.9 Å². The third kappa shape index (κ3) is 2.67. The zero-order chi connectivity index (χ0) is 13.2. The quantitative estimate of drug-likeness (QED) is 0.877. The minimum absolute atomic E-state index is 0.0470. The van der Waals surface area contributed by atoms with Crippen molar-refractivity contribution in [1.29, 1.82) is 0 Å². The third-order valence-corrected chi connectivity index (χ3v) is 3.67. The molecule has 0 radical (unpaired) electrons. The molecule has 18 heavy (non-hydrogen) atoms. The van der Waals surface area contributed by atoms with Gasteiger partial charge in [0.1, 0.15) is 5.54 Å². The number of aliphatic carboxylic acids is 1. The summed E-state index contributed by atoms with van der Waals surface area (Å²) in [5.41, 5.74) is -0.0811. The molecule has 1 fully saturated rings. The van der Waals surface area contributed by atoms with Crippen LogP contribution in [0.2, 0.25) is 0 Å². The zero-order valence-electron chi connectivity index (χ0n) is 10.1. The number of anilines is 1. The van der Waals surface area contributed by atoms with Gasteiger partial charge in [0.2, 0.25) is 0 Å². The number of ether oxygens (including phenoxy) is 1. The van der Waals surface area contributed by atoms with Crippen LogP contribution in [0.15, 0.2) is 28.7 Å². The van der Waals surface area contributed by atoms with E-state index in [9.17, 15) is 9.90 Å². The van der Waals surface area contributed by atoms with Crippen molar-refractivity contribution in [1.82, 2.24) is 0 Å². The highest BCUT2D eigenvalue weighted by molar-refractivity contribution is 9.10. The van der Waals surface area contributed by atoms with Crippen LogP contribution in [0.5, 0.6) is 0 Å². The Bertz CT molecular complexity index is 444. The average Bonchev–Trinajstić information content (AvgIpc) is 2.25. The number of hydrogen-bond acceptors (Lipinski definition) is 3. The molecule has 0 bridgehead atoms. The molecule has 2 rings (SSSR count). The molecule has 0 atom stereocenters. The lowest BCUT2D eigenvalue weighted by Gasteiger charge is -2.44. The van der Waals surface area contributed by atoms with Crippen molar-refractivity contribution in [2.45, 2.75) is 31.4 Å². The molecule has 0 amide bonds. The predicted molar refractivity (Wildman–Crippen MR) is 72.8 cm³/mol. The number of hydrogen-bond donors (Lipinski definition) is 2. The Morgan fingerprint density at radius 2 is 2.33 bits per heavy atom. The van der Waals surface area contributed by atoms with Gasteiger partial charge in [0, 0.05) is 29.6 Å². The average molecular weight is 314 g/mol. The molecule has 1 aliphatic carbocycles. The topological polar surface area (TPSA) is 58.6 Å². The summed E-state index contributed by atoms with van der Waals surface area (Å²) in [7, 11) is 0. The van der Waals surface area contributed by atoms with Crippen LogP contribution in [-0.4, -0.2) is 29.3 Å². The highest BCUT2D eigenvalue weighted by Crippen LogP contribution is 2.38. The predicted octanol–water partition coefficient (Wildman–Crippen LogP) is 2.88. The van der Waals surface area contributed by atoms with Gasteiger partial charge in [0.25, 0.3) is 0 Å². The van der Waals surface area contributed by atoms with E-state index < -0.39 is 11.5 Å². The molecule has 0 aromatic heterocycles. The Balaban J connectivity index is 2.07. The number of halogens is 1. The van der Waals surface area contributed by atoms with Gasteiger partial charge >= 0.3 is 5.97 Å². The number of benzene rings is 1. The largest absolute Gasteiger partial charge is 0.480 e. The van der Waals surface area contributed by atoms with Gasteiger partial charge in [-0.3, -0.25) is 0 Å². The first-order valence-electron chi connectivity index (χ1n) is 5.94. The first kappa shape index (κ1) is 13.4. The van der Waals surface area contributed by atoms with Crippen LogP contribution in [0.1, 0.15) is 19.8 Å². The molecule has 4 nitrogen and oxygen atoms in total. The highest BCUT2D eigenvalue weighted by atomic mass is 79.9. The number of carboxylic acids is 1. The first-order valence-corrected chi connectivity index (χ1v) is 6.74. The second kappa shape index (κ2) is 5.28. The SMILES string of the molecule is CCOC1CC(Nc2cccc(Br)c2)(C(=O)O)C1. The van der Waals surface area contributed by atoms with Crippen LogP contribution < -0.4 is 5.32 Å². The van der Waals surface area contributed by atoms with Gasteiger partial charge in [-0.05, 0) is 25.1 Å². The van der Waals surface area contributed by atoms with Crippen molar-refractivity contribution in [3.05, 3.63) is 28.7 Å². The molecule has 0 heterocycles. The standard InChI is InChI=1S/C13H16BrNO3/c1-2-18-11-7-13(8-11,12(16)17)15-10-5-3-4-9(14)6-10/h3-6,11,15H,2,7-8H2,1H3,(H,16,17). The highest BCUT2D eigenvalue weighted by Gasteiger charge is 2.51. The van der Waals surface area contributed by atoms with Crippen molar-refractivity contribution in [2.24, 2.45) is 0 Å². The maximum atomic E-state index is 11.4. The lowest BCUT2D eigenvalue weighted by atomic mass is 9.74. The Morgan fingerprint density at radius 1 is 1.61 bits per heavy atom. The minimum Gasteiger partial charge on any atom is -0.480 e. The summed E-state index contributed by atoms with van der Waals surface area (Å²) < 4.78 is 6.36. The van der Waals surface area contributed by atoms with Gasteiger partial charge in [-0.1, -0.05) is 22.0 Å². The summed E-state index contributed by atoms with van der Waals surface area (Å²) in [4.78, 5) is 11.4. The van der Waals surface area contributed by atoms with Gasteiger partial charge in [0.15, 0.2) is 0 Å². The molecule has 98 valence electrons. The van der Waals surface area contributed by atoms with E-state index in [1.54, 1.807) is 0 Å². The smallest absolute Gasteiger partial charge is 0.329 e. The van der Waals surface area contributed by atoms with E-state index in [0.717, 1.165) is 10.2 Å². The van der Waals surface area contributed by atoms with Crippen LogP contribution in [-0.2, 0) is 9.53 Å². The number of carboxylic acid groups (broad SMARTS) is 1. The van der Waals surface area contributed by atoms with Crippen LogP contribution in [0.3, 0.4) is 0 Å². The molecule has 1 aromatic carbocycles. The molecule has 0 saturated heterocycles. The van der Waals surface area contributed by atoms with E-state index in [-0.39, 0.29) is 6.10 Å². The van der Waals surface area contributed by atoms with Crippen LogP contribution >= 0.6 is 15.9 Å². The van der Waals surface area contributed by atoms with Gasteiger partial charge in [-0.2, -0.15) is 0 Å². The summed E-state index contributed by atoms with van der Waals surface area (Å²) in [5.74, 6) is -0.821. The van der Waals surface area contributed by atoms with Crippen molar-refractivity contribution in [3.63, 3.8) is 0 Å². The molecule has 5 heteroatoms. The second-order valence-corrected chi connectivity index (χ2v) is 5.42. The summed E-state index contributed by atoms with van der Waals surface area (Å²) in [6.45, 7) is 2.54. The number of rotatable bonds is 5. The molecule has 1 aromatic rings. The Hall–Kier alpha value is -1.07. The fourth-order valence-electron chi connectivity index (χ4n) is 2.24. The zero-order valence-corrected chi connectivity index (χ0v) is 11.7. The van der Waals surface area contributed by atoms with Crippen molar-refractivity contribution in [3.8, 4) is 0 Å². The van der Waals surface area contributed by atoms with E-state index in [1.807, 2.05) is 31.2 Å². The first-order chi connectivity index (χ1) is 8.55. The van der Waals surface area contributed by atoms with Crippen molar-refractivity contribution >= 4 is 27.6 Å². The molecule has 2 N–H and O–H groups in total. The Kier molecular flexibility index (Phi) is 3.92. The Labute approximate surface area is 114 Å².